The van der Waals surface area contributed by atoms with E-state index in [0.29, 0.717) is 16.6 Å². The number of rotatable bonds is 5. The van der Waals surface area contributed by atoms with Gasteiger partial charge in [-0.05, 0) is 34.3 Å². The minimum atomic E-state index is -0.511. The highest BCUT2D eigenvalue weighted by Gasteiger charge is 2.18. The van der Waals surface area contributed by atoms with Crippen molar-refractivity contribution in [1.82, 2.24) is 4.90 Å². The lowest BCUT2D eigenvalue weighted by atomic mass is 10.2. The Kier molecular flexibility index (Phi) is 5.61. The van der Waals surface area contributed by atoms with E-state index in [2.05, 4.69) is 15.9 Å². The van der Waals surface area contributed by atoms with Crippen molar-refractivity contribution in [2.75, 3.05) is 25.6 Å². The maximum Gasteiger partial charge on any atom is 0.284 e. The quantitative estimate of drug-likeness (QED) is 0.614. The Labute approximate surface area is 118 Å². The Hall–Kier alpha value is -1.08. The van der Waals surface area contributed by atoms with Crippen LogP contribution in [0.15, 0.2) is 22.7 Å². The van der Waals surface area contributed by atoms with Crippen molar-refractivity contribution in [3.8, 4) is 0 Å². The molecule has 0 unspecified atom stereocenters. The number of benzene rings is 1. The van der Waals surface area contributed by atoms with E-state index in [1.165, 1.54) is 12.1 Å². The van der Waals surface area contributed by atoms with Crippen molar-refractivity contribution in [1.29, 1.82) is 0 Å². The van der Waals surface area contributed by atoms with Crippen molar-refractivity contribution in [2.45, 2.75) is 0 Å². The molecule has 0 atom stereocenters. The van der Waals surface area contributed by atoms with Crippen LogP contribution in [-0.4, -0.2) is 41.3 Å². The summed E-state index contributed by atoms with van der Waals surface area (Å²) in [4.78, 5) is 23.8. The smallest absolute Gasteiger partial charge is 0.284 e. The third-order valence-electron chi connectivity index (χ3n) is 2.37. The molecule has 18 heavy (non-hydrogen) atoms. The predicted octanol–water partition coefficient (Wildman–Crippen LogP) is 2.79. The predicted molar refractivity (Wildman–Crippen MR) is 76.1 cm³/mol. The Morgan fingerprint density at radius 3 is 2.78 bits per heavy atom. The molecule has 98 valence electrons. The molecule has 0 aliphatic carbocycles. The number of nitrogens with zero attached hydrogens (tertiary/aromatic N) is 2. The van der Waals surface area contributed by atoms with Crippen molar-refractivity contribution in [3.05, 3.63) is 38.3 Å². The van der Waals surface area contributed by atoms with E-state index in [9.17, 15) is 14.9 Å². The van der Waals surface area contributed by atoms with Crippen LogP contribution in [0.2, 0.25) is 0 Å². The van der Waals surface area contributed by atoms with E-state index in [4.69, 9.17) is 0 Å². The van der Waals surface area contributed by atoms with Crippen LogP contribution in [-0.2, 0) is 0 Å². The molecule has 1 amide bonds. The van der Waals surface area contributed by atoms with Crippen LogP contribution >= 0.6 is 27.7 Å². The molecule has 1 aromatic rings. The van der Waals surface area contributed by atoms with Crippen molar-refractivity contribution >= 4 is 39.3 Å². The number of thioether (sulfide) groups is 1. The lowest BCUT2D eigenvalue weighted by molar-refractivity contribution is -0.385. The number of carbonyl (C=O) groups excluding carboxylic acids is 1. The molecule has 5 nitrogen and oxygen atoms in total. The second-order valence-corrected chi connectivity index (χ2v) is 5.48. The minimum Gasteiger partial charge on any atom is -0.341 e. The molecule has 1 aromatic carbocycles. The number of hydrogen-bond donors (Lipinski definition) is 0. The summed E-state index contributed by atoms with van der Waals surface area (Å²) in [5.74, 6) is 0.626. The van der Waals surface area contributed by atoms with E-state index in [-0.39, 0.29) is 11.6 Å². The fourth-order valence-electron chi connectivity index (χ4n) is 1.34. The first-order chi connectivity index (χ1) is 8.47. The lowest BCUT2D eigenvalue weighted by Gasteiger charge is -2.16. The van der Waals surface area contributed by atoms with Crippen LogP contribution in [0.5, 0.6) is 0 Å². The van der Waals surface area contributed by atoms with Crippen LogP contribution in [0.1, 0.15) is 10.4 Å². The van der Waals surface area contributed by atoms with E-state index < -0.39 is 4.92 Å². The second-order valence-electron chi connectivity index (χ2n) is 3.64. The zero-order valence-corrected chi connectivity index (χ0v) is 12.5. The Morgan fingerprint density at radius 1 is 1.56 bits per heavy atom. The average molecular weight is 333 g/mol. The fraction of sp³-hybridized carbons (Fsp3) is 0.364. The highest BCUT2D eigenvalue weighted by molar-refractivity contribution is 9.10. The van der Waals surface area contributed by atoms with Crippen LogP contribution in [0.3, 0.4) is 0 Å². The summed E-state index contributed by atoms with van der Waals surface area (Å²) in [5.41, 5.74) is 0.229. The van der Waals surface area contributed by atoms with Gasteiger partial charge in [-0.25, -0.2) is 0 Å². The fourth-order valence-corrected chi connectivity index (χ4v) is 2.18. The molecule has 0 spiro atoms. The highest BCUT2D eigenvalue weighted by Crippen LogP contribution is 2.26. The molecule has 0 heterocycles. The third-order valence-corrected chi connectivity index (χ3v) is 3.63. The molecule has 0 bridgehead atoms. The van der Waals surface area contributed by atoms with Gasteiger partial charge in [-0.2, -0.15) is 11.8 Å². The molecule has 0 aromatic heterocycles. The molecule has 0 saturated heterocycles. The number of nitro groups is 1. The molecule has 1 rings (SSSR count). The molecule has 0 saturated carbocycles. The summed E-state index contributed by atoms with van der Waals surface area (Å²) in [5, 5.41) is 10.8. The van der Waals surface area contributed by atoms with Gasteiger partial charge in [-0.15, -0.1) is 0 Å². The maximum absolute atomic E-state index is 12.0. The zero-order chi connectivity index (χ0) is 13.7. The SMILES string of the molecule is CSCCN(C)C(=O)c1ccc(Br)c([N+](=O)[O-])c1. The number of amides is 1. The van der Waals surface area contributed by atoms with Gasteiger partial charge in [0.2, 0.25) is 0 Å². The summed E-state index contributed by atoms with van der Waals surface area (Å²) in [7, 11) is 1.69. The first kappa shape index (κ1) is 15.0. The van der Waals surface area contributed by atoms with Gasteiger partial charge >= 0.3 is 0 Å². The third kappa shape index (κ3) is 3.71. The number of nitro benzene ring substituents is 1. The van der Waals surface area contributed by atoms with Gasteiger partial charge in [0.05, 0.1) is 9.40 Å². The number of hydrogen-bond acceptors (Lipinski definition) is 4. The van der Waals surface area contributed by atoms with Crippen molar-refractivity contribution in [3.63, 3.8) is 0 Å². The monoisotopic (exact) mass is 332 g/mol. The molecule has 0 N–H and O–H groups in total. The van der Waals surface area contributed by atoms with Gasteiger partial charge in [0, 0.05) is 31.0 Å². The number of halogens is 1. The highest BCUT2D eigenvalue weighted by atomic mass is 79.9. The molecule has 0 aliphatic rings. The molecule has 0 aliphatic heterocycles. The van der Waals surface area contributed by atoms with Gasteiger partial charge in [-0.1, -0.05) is 0 Å². The lowest BCUT2D eigenvalue weighted by Crippen LogP contribution is -2.28. The summed E-state index contributed by atoms with van der Waals surface area (Å²) in [6.45, 7) is 0.615. The normalized spacial score (nSPS) is 10.2. The average Bonchev–Trinajstić information content (AvgIpc) is 2.35. The van der Waals surface area contributed by atoms with Crippen molar-refractivity contribution < 1.29 is 9.72 Å². The Morgan fingerprint density at radius 2 is 2.22 bits per heavy atom. The first-order valence-corrected chi connectivity index (χ1v) is 7.34. The molecular weight excluding hydrogens is 320 g/mol. The molecule has 7 heteroatoms. The summed E-state index contributed by atoms with van der Waals surface area (Å²) >= 11 is 4.73. The summed E-state index contributed by atoms with van der Waals surface area (Å²) in [6, 6.07) is 4.39. The zero-order valence-electron chi connectivity index (χ0n) is 10.1. The first-order valence-electron chi connectivity index (χ1n) is 5.15. The van der Waals surface area contributed by atoms with Crippen LogP contribution in [0, 0.1) is 10.1 Å². The van der Waals surface area contributed by atoms with E-state index >= 15 is 0 Å². The standard InChI is InChI=1S/C11H13BrN2O3S/c1-13(5-6-18-2)11(15)8-3-4-9(12)10(7-8)14(16)17/h3-4,7H,5-6H2,1-2H3. The van der Waals surface area contributed by atoms with Crippen LogP contribution in [0.4, 0.5) is 5.69 Å². The molecular formula is C11H13BrN2O3S. The summed E-state index contributed by atoms with van der Waals surface area (Å²) < 4.78 is 0.371. The second kappa shape index (κ2) is 6.75. The van der Waals surface area contributed by atoms with E-state index in [0.717, 1.165) is 5.75 Å². The van der Waals surface area contributed by atoms with Gasteiger partial charge in [-0.3, -0.25) is 14.9 Å². The van der Waals surface area contributed by atoms with Gasteiger partial charge in [0.1, 0.15) is 0 Å². The minimum absolute atomic E-state index is 0.0980. The Bertz CT molecular complexity index is 468. The number of carbonyl (C=O) groups is 1. The van der Waals surface area contributed by atoms with E-state index in [1.807, 2.05) is 6.26 Å². The van der Waals surface area contributed by atoms with Gasteiger partial charge in [0.25, 0.3) is 11.6 Å². The van der Waals surface area contributed by atoms with Crippen LogP contribution < -0.4 is 0 Å². The van der Waals surface area contributed by atoms with Gasteiger partial charge < -0.3 is 4.90 Å². The van der Waals surface area contributed by atoms with Crippen LogP contribution in [0.25, 0.3) is 0 Å². The summed E-state index contributed by atoms with van der Waals surface area (Å²) in [6.07, 6.45) is 1.96. The molecule has 0 fully saturated rings. The largest absolute Gasteiger partial charge is 0.341 e. The topological polar surface area (TPSA) is 63.5 Å². The van der Waals surface area contributed by atoms with Gasteiger partial charge in [0.15, 0.2) is 0 Å². The maximum atomic E-state index is 12.0. The van der Waals surface area contributed by atoms with Crippen molar-refractivity contribution in [2.24, 2.45) is 0 Å². The molecule has 0 radical (unpaired) electrons. The van der Waals surface area contributed by atoms with E-state index in [1.54, 1.807) is 29.8 Å². The Balaban J connectivity index is 2.93.